The number of nitrogens with one attached hydrogen (secondary N) is 1. The van der Waals surface area contributed by atoms with Gasteiger partial charge in [0.2, 0.25) is 0 Å². The van der Waals surface area contributed by atoms with Gasteiger partial charge < -0.3 is 19.7 Å². The minimum atomic E-state index is 0.215. The van der Waals surface area contributed by atoms with E-state index in [1.165, 1.54) is 16.1 Å². The van der Waals surface area contributed by atoms with Gasteiger partial charge in [-0.3, -0.25) is 0 Å². The Hall–Kier alpha value is -2.50. The highest BCUT2D eigenvalue weighted by atomic mass is 35.5. The standard InChI is InChI=1S/C26H31ClN4O/c27-21-7-9-22(10-8-21)31-19-24(23-5-2-1-3-6-25(23)31)20-11-16-30(17-12-20)26(32)29-15-4-13-28-14-18-29/h1-2,5-10,19-20,28H,3-4,11-18H2. The van der Waals surface area contributed by atoms with Gasteiger partial charge in [-0.15, -0.1) is 0 Å². The molecule has 1 aromatic carbocycles. The lowest BCUT2D eigenvalue weighted by atomic mass is 9.90. The second-order valence-corrected chi connectivity index (χ2v) is 9.34. The maximum atomic E-state index is 13.0. The topological polar surface area (TPSA) is 40.5 Å². The molecule has 32 heavy (non-hydrogen) atoms. The van der Waals surface area contributed by atoms with E-state index in [-0.39, 0.29) is 6.03 Å². The van der Waals surface area contributed by atoms with E-state index in [4.69, 9.17) is 11.6 Å². The number of likely N-dealkylation sites (tertiary alicyclic amines) is 1. The second-order valence-electron chi connectivity index (χ2n) is 8.90. The first-order valence-corrected chi connectivity index (χ1v) is 12.2. The van der Waals surface area contributed by atoms with Crippen LogP contribution in [0.2, 0.25) is 5.02 Å². The van der Waals surface area contributed by atoms with Crippen LogP contribution < -0.4 is 15.9 Å². The van der Waals surface area contributed by atoms with E-state index in [0.29, 0.717) is 5.92 Å². The van der Waals surface area contributed by atoms with Crippen LogP contribution in [-0.4, -0.2) is 59.7 Å². The Labute approximate surface area is 194 Å². The number of fused-ring (bicyclic) bond motifs is 1. The van der Waals surface area contributed by atoms with Crippen molar-refractivity contribution in [3.8, 4) is 5.69 Å². The van der Waals surface area contributed by atoms with E-state index in [1.807, 2.05) is 17.0 Å². The Morgan fingerprint density at radius 1 is 1.00 bits per heavy atom. The SMILES string of the molecule is O=C(N1CCCNCC1)N1CCC(c2cn(-c3ccc(Cl)cc3)c3c2=CC=CCC=3)CC1. The summed E-state index contributed by atoms with van der Waals surface area (Å²) in [5, 5.41) is 6.70. The molecular weight excluding hydrogens is 420 g/mol. The van der Waals surface area contributed by atoms with Gasteiger partial charge in [-0.2, -0.15) is 0 Å². The quantitative estimate of drug-likeness (QED) is 0.763. The summed E-state index contributed by atoms with van der Waals surface area (Å²) in [4.78, 5) is 17.1. The summed E-state index contributed by atoms with van der Waals surface area (Å²) >= 11 is 6.13. The Kier molecular flexibility index (Phi) is 6.37. The summed E-state index contributed by atoms with van der Waals surface area (Å²) in [6.45, 7) is 5.23. The van der Waals surface area contributed by atoms with Gasteiger partial charge in [0.05, 0.1) is 0 Å². The smallest absolute Gasteiger partial charge is 0.320 e. The first-order chi connectivity index (χ1) is 15.7. The zero-order valence-electron chi connectivity index (χ0n) is 18.5. The minimum Gasteiger partial charge on any atom is -0.325 e. The van der Waals surface area contributed by atoms with Crippen LogP contribution >= 0.6 is 11.6 Å². The molecule has 0 spiro atoms. The molecule has 2 aliphatic heterocycles. The molecule has 5 rings (SSSR count). The molecule has 1 N–H and O–H groups in total. The van der Waals surface area contributed by atoms with Crippen molar-refractivity contribution in [3.63, 3.8) is 0 Å². The van der Waals surface area contributed by atoms with E-state index in [9.17, 15) is 4.79 Å². The van der Waals surface area contributed by atoms with E-state index in [2.05, 4.69) is 57.4 Å². The average molecular weight is 451 g/mol. The zero-order valence-corrected chi connectivity index (χ0v) is 19.2. The van der Waals surface area contributed by atoms with E-state index >= 15 is 0 Å². The van der Waals surface area contributed by atoms with E-state index < -0.39 is 0 Å². The Bertz CT molecular complexity index is 1100. The molecule has 1 aliphatic carbocycles. The van der Waals surface area contributed by atoms with Crippen LogP contribution in [0.25, 0.3) is 17.8 Å². The van der Waals surface area contributed by atoms with Gasteiger partial charge in [0.1, 0.15) is 0 Å². The van der Waals surface area contributed by atoms with Crippen LogP contribution in [0.15, 0.2) is 42.6 Å². The van der Waals surface area contributed by atoms with Gasteiger partial charge in [0.25, 0.3) is 0 Å². The number of carbonyl (C=O) groups is 1. The lowest BCUT2D eigenvalue weighted by Gasteiger charge is -2.35. The fourth-order valence-electron chi connectivity index (χ4n) is 5.13. The highest BCUT2D eigenvalue weighted by Gasteiger charge is 2.28. The number of nitrogens with zero attached hydrogens (tertiary/aromatic N) is 3. The molecule has 0 saturated carbocycles. The summed E-state index contributed by atoms with van der Waals surface area (Å²) < 4.78 is 2.30. The predicted molar refractivity (Wildman–Crippen MR) is 131 cm³/mol. The number of rotatable bonds is 2. The Morgan fingerprint density at radius 2 is 1.78 bits per heavy atom. The van der Waals surface area contributed by atoms with Crippen LogP contribution in [0.3, 0.4) is 0 Å². The van der Waals surface area contributed by atoms with Gasteiger partial charge in [0, 0.05) is 60.2 Å². The summed E-state index contributed by atoms with van der Waals surface area (Å²) in [6.07, 6.45) is 15.2. The molecule has 0 atom stereocenters. The van der Waals surface area contributed by atoms with Crippen LogP contribution in [-0.2, 0) is 0 Å². The second kappa shape index (κ2) is 9.55. The maximum absolute atomic E-state index is 13.0. The molecule has 1 aromatic heterocycles. The first-order valence-electron chi connectivity index (χ1n) is 11.8. The third-order valence-corrected chi connectivity index (χ3v) is 7.13. The van der Waals surface area contributed by atoms with Crippen LogP contribution in [0.5, 0.6) is 0 Å². The summed E-state index contributed by atoms with van der Waals surface area (Å²) in [5.74, 6) is 0.461. The first kappa shape index (κ1) is 21.4. The van der Waals surface area contributed by atoms with Crippen LogP contribution in [0.4, 0.5) is 4.79 Å². The maximum Gasteiger partial charge on any atom is 0.320 e. The molecule has 0 unspecified atom stereocenters. The number of amides is 2. The predicted octanol–water partition coefficient (Wildman–Crippen LogP) is 3.25. The van der Waals surface area contributed by atoms with Crippen molar-refractivity contribution in [1.82, 2.24) is 19.7 Å². The average Bonchev–Trinajstić information content (AvgIpc) is 3.04. The Balaban J connectivity index is 1.38. The molecular formula is C26H31ClN4O. The highest BCUT2D eigenvalue weighted by Crippen LogP contribution is 2.27. The molecule has 168 valence electrons. The fourth-order valence-corrected chi connectivity index (χ4v) is 5.25. The number of piperidine rings is 1. The van der Waals surface area contributed by atoms with Crippen molar-refractivity contribution in [3.05, 3.63) is 63.8 Å². The number of allylic oxidation sites excluding steroid dienone is 2. The number of halogens is 1. The number of benzene rings is 1. The van der Waals surface area contributed by atoms with Crippen molar-refractivity contribution in [1.29, 1.82) is 0 Å². The minimum absolute atomic E-state index is 0.215. The molecule has 6 heteroatoms. The third-order valence-electron chi connectivity index (χ3n) is 6.88. The fraction of sp³-hybridized carbons (Fsp3) is 0.423. The molecule has 2 amide bonds. The number of carbonyl (C=O) groups excluding carboxylic acids is 1. The number of hydrogen-bond acceptors (Lipinski definition) is 2. The molecule has 0 radical (unpaired) electrons. The molecule has 2 fully saturated rings. The Morgan fingerprint density at radius 3 is 2.59 bits per heavy atom. The lowest BCUT2D eigenvalue weighted by molar-refractivity contribution is 0.142. The number of aromatic nitrogens is 1. The van der Waals surface area contributed by atoms with Crippen LogP contribution in [0, 0.1) is 0 Å². The molecule has 2 aromatic rings. The van der Waals surface area contributed by atoms with Gasteiger partial charge in [-0.1, -0.05) is 35.9 Å². The van der Waals surface area contributed by atoms with Gasteiger partial charge in [0.15, 0.2) is 0 Å². The van der Waals surface area contributed by atoms with Gasteiger partial charge in [-0.25, -0.2) is 4.79 Å². The largest absolute Gasteiger partial charge is 0.325 e. The third kappa shape index (κ3) is 4.37. The molecule has 2 saturated heterocycles. The highest BCUT2D eigenvalue weighted by molar-refractivity contribution is 6.30. The lowest BCUT2D eigenvalue weighted by Crippen LogP contribution is -2.47. The number of hydrogen-bond donors (Lipinski definition) is 1. The molecule has 5 nitrogen and oxygen atoms in total. The van der Waals surface area contributed by atoms with Crippen molar-refractivity contribution in [2.75, 3.05) is 39.3 Å². The van der Waals surface area contributed by atoms with E-state index in [0.717, 1.165) is 75.7 Å². The van der Waals surface area contributed by atoms with Crippen molar-refractivity contribution in [2.45, 2.75) is 31.6 Å². The summed E-state index contributed by atoms with van der Waals surface area (Å²) in [5.41, 5.74) is 2.52. The van der Waals surface area contributed by atoms with Gasteiger partial charge >= 0.3 is 6.03 Å². The monoisotopic (exact) mass is 450 g/mol. The number of urea groups is 1. The molecule has 0 bridgehead atoms. The molecule has 3 heterocycles. The van der Waals surface area contributed by atoms with Gasteiger partial charge in [-0.05, 0) is 68.0 Å². The summed E-state index contributed by atoms with van der Waals surface area (Å²) in [7, 11) is 0. The van der Waals surface area contributed by atoms with Crippen molar-refractivity contribution < 1.29 is 4.79 Å². The summed E-state index contributed by atoms with van der Waals surface area (Å²) in [6, 6.07) is 8.27. The normalized spacial score (nSPS) is 19.5. The van der Waals surface area contributed by atoms with Crippen molar-refractivity contribution >= 4 is 29.8 Å². The zero-order chi connectivity index (χ0) is 21.9. The van der Waals surface area contributed by atoms with E-state index in [1.54, 1.807) is 0 Å². The molecule has 3 aliphatic rings. The van der Waals surface area contributed by atoms with Crippen LogP contribution in [0.1, 0.15) is 37.2 Å². The van der Waals surface area contributed by atoms with Crippen molar-refractivity contribution in [2.24, 2.45) is 0 Å².